The van der Waals surface area contributed by atoms with Gasteiger partial charge in [-0.1, -0.05) is 13.8 Å². The fourth-order valence-electron chi connectivity index (χ4n) is 2.56. The minimum atomic E-state index is -0.338. The number of amides is 1. The number of hydrogen-bond donors (Lipinski definition) is 1. The molecule has 2 fully saturated rings. The molecule has 4 heteroatoms. The first-order valence-corrected chi connectivity index (χ1v) is 7.51. The molecule has 2 aliphatic rings. The average Bonchev–Trinajstić information content (AvgIpc) is 3.14. The first-order valence-electron chi connectivity index (χ1n) is 7.51. The normalized spacial score (nSPS) is 20.7. The van der Waals surface area contributed by atoms with Crippen molar-refractivity contribution in [1.82, 2.24) is 10.2 Å². The Bertz CT molecular complexity index is 346. The van der Waals surface area contributed by atoms with Crippen molar-refractivity contribution < 1.29 is 9.59 Å². The zero-order valence-electron chi connectivity index (χ0n) is 12.3. The summed E-state index contributed by atoms with van der Waals surface area (Å²) in [4.78, 5) is 25.9. The second kappa shape index (κ2) is 6.04. The highest BCUT2D eigenvalue weighted by Crippen LogP contribution is 2.34. The molecule has 2 aliphatic carbocycles. The molecule has 0 saturated heterocycles. The van der Waals surface area contributed by atoms with Crippen molar-refractivity contribution in [3.05, 3.63) is 0 Å². The number of ketones is 1. The number of nitrogens with one attached hydrogen (secondary N) is 1. The predicted molar refractivity (Wildman–Crippen MR) is 74.8 cm³/mol. The van der Waals surface area contributed by atoms with Gasteiger partial charge in [0.05, 0.1) is 12.6 Å². The largest absolute Gasteiger partial charge is 0.345 e. The zero-order valence-corrected chi connectivity index (χ0v) is 12.3. The summed E-state index contributed by atoms with van der Waals surface area (Å²) in [5.74, 6) is 1.01. The number of hydrogen-bond acceptors (Lipinski definition) is 3. The van der Waals surface area contributed by atoms with E-state index in [2.05, 4.69) is 10.2 Å². The van der Waals surface area contributed by atoms with Gasteiger partial charge in [-0.25, -0.2) is 0 Å². The quantitative estimate of drug-likeness (QED) is 0.726. The predicted octanol–water partition coefficient (Wildman–Crippen LogP) is 1.59. The second-order valence-corrected chi connectivity index (χ2v) is 6.50. The molecule has 0 aliphatic heterocycles. The standard InChI is InChI=1S/C15H26N2O2/c1-10(2)15(11(3)18)16-14(19)9-17(13-6-7-13)8-12-4-5-12/h10,12-13,15H,4-9H2,1-3H3,(H,16,19). The molecular formula is C15H26N2O2. The van der Waals surface area contributed by atoms with Gasteiger partial charge in [-0.15, -0.1) is 0 Å². The Morgan fingerprint density at radius 2 is 1.84 bits per heavy atom. The minimum absolute atomic E-state index is 0.00134. The van der Waals surface area contributed by atoms with Crippen LogP contribution in [0.1, 0.15) is 46.5 Å². The molecule has 0 aromatic rings. The molecule has 4 nitrogen and oxygen atoms in total. The lowest BCUT2D eigenvalue weighted by Crippen LogP contribution is -2.48. The lowest BCUT2D eigenvalue weighted by molar-refractivity contribution is -0.128. The van der Waals surface area contributed by atoms with Crippen molar-refractivity contribution >= 4 is 11.7 Å². The smallest absolute Gasteiger partial charge is 0.234 e. The highest BCUT2D eigenvalue weighted by Gasteiger charge is 2.35. The van der Waals surface area contributed by atoms with E-state index in [9.17, 15) is 9.59 Å². The topological polar surface area (TPSA) is 49.4 Å². The van der Waals surface area contributed by atoms with Crippen LogP contribution in [-0.2, 0) is 9.59 Å². The van der Waals surface area contributed by atoms with Crippen LogP contribution in [0.5, 0.6) is 0 Å². The van der Waals surface area contributed by atoms with Crippen LogP contribution in [0.3, 0.4) is 0 Å². The molecule has 19 heavy (non-hydrogen) atoms. The van der Waals surface area contributed by atoms with Gasteiger partial charge in [0, 0.05) is 12.6 Å². The summed E-state index contributed by atoms with van der Waals surface area (Å²) in [7, 11) is 0. The molecule has 1 amide bonds. The van der Waals surface area contributed by atoms with E-state index in [0.29, 0.717) is 12.6 Å². The first-order chi connectivity index (χ1) is 8.97. The Hall–Kier alpha value is -0.900. The maximum Gasteiger partial charge on any atom is 0.234 e. The van der Waals surface area contributed by atoms with Crippen molar-refractivity contribution in [2.75, 3.05) is 13.1 Å². The van der Waals surface area contributed by atoms with E-state index in [-0.39, 0.29) is 23.7 Å². The first kappa shape index (κ1) is 14.5. The zero-order chi connectivity index (χ0) is 14.0. The highest BCUT2D eigenvalue weighted by atomic mass is 16.2. The van der Waals surface area contributed by atoms with E-state index in [4.69, 9.17) is 0 Å². The molecule has 108 valence electrons. The Morgan fingerprint density at radius 1 is 1.21 bits per heavy atom. The molecule has 0 radical (unpaired) electrons. The summed E-state index contributed by atoms with van der Waals surface area (Å²) in [6.45, 7) is 7.00. The van der Waals surface area contributed by atoms with Gasteiger partial charge in [-0.3, -0.25) is 14.5 Å². The van der Waals surface area contributed by atoms with E-state index >= 15 is 0 Å². The van der Waals surface area contributed by atoms with E-state index in [1.165, 1.54) is 25.7 Å². The van der Waals surface area contributed by atoms with Crippen molar-refractivity contribution in [3.8, 4) is 0 Å². The number of rotatable bonds is 8. The number of carbonyl (C=O) groups is 2. The molecule has 0 spiro atoms. The van der Waals surface area contributed by atoms with Gasteiger partial charge in [0.1, 0.15) is 0 Å². The molecule has 0 heterocycles. The summed E-state index contributed by atoms with van der Waals surface area (Å²) in [6.07, 6.45) is 5.07. The minimum Gasteiger partial charge on any atom is -0.345 e. The van der Waals surface area contributed by atoms with Gasteiger partial charge in [-0.05, 0) is 44.4 Å². The van der Waals surface area contributed by atoms with Crippen molar-refractivity contribution in [2.45, 2.75) is 58.5 Å². The summed E-state index contributed by atoms with van der Waals surface area (Å²) < 4.78 is 0. The van der Waals surface area contributed by atoms with Crippen molar-refractivity contribution in [3.63, 3.8) is 0 Å². The van der Waals surface area contributed by atoms with Crippen LogP contribution in [-0.4, -0.2) is 41.8 Å². The second-order valence-electron chi connectivity index (χ2n) is 6.50. The molecule has 0 aromatic heterocycles. The van der Waals surface area contributed by atoms with Gasteiger partial charge in [0.25, 0.3) is 0 Å². The van der Waals surface area contributed by atoms with Crippen LogP contribution in [0, 0.1) is 11.8 Å². The molecular weight excluding hydrogens is 240 g/mol. The van der Waals surface area contributed by atoms with Crippen LogP contribution in [0.2, 0.25) is 0 Å². The lowest BCUT2D eigenvalue weighted by atomic mass is 10.0. The Balaban J connectivity index is 1.82. The number of carbonyl (C=O) groups excluding carboxylic acids is 2. The summed E-state index contributed by atoms with van der Waals surface area (Å²) in [5, 5.41) is 2.89. The highest BCUT2D eigenvalue weighted by molar-refractivity contribution is 5.88. The molecule has 2 rings (SSSR count). The third-order valence-electron chi connectivity index (χ3n) is 4.02. The van der Waals surface area contributed by atoms with E-state index in [1.54, 1.807) is 6.92 Å². The van der Waals surface area contributed by atoms with Crippen molar-refractivity contribution in [1.29, 1.82) is 0 Å². The molecule has 0 bridgehead atoms. The number of Topliss-reactive ketones (excluding diaryl/α,β-unsaturated/α-hetero) is 1. The number of nitrogens with zero attached hydrogens (tertiary/aromatic N) is 1. The molecule has 1 unspecified atom stereocenters. The van der Waals surface area contributed by atoms with E-state index in [1.807, 2.05) is 13.8 Å². The Kier molecular flexibility index (Phi) is 4.61. The molecule has 1 atom stereocenters. The van der Waals surface area contributed by atoms with Gasteiger partial charge >= 0.3 is 0 Å². The lowest BCUT2D eigenvalue weighted by Gasteiger charge is -2.24. The van der Waals surface area contributed by atoms with Gasteiger partial charge in [0.2, 0.25) is 5.91 Å². The maximum absolute atomic E-state index is 12.1. The summed E-state index contributed by atoms with van der Waals surface area (Å²) in [6, 6.07) is 0.274. The van der Waals surface area contributed by atoms with Gasteiger partial charge in [0.15, 0.2) is 5.78 Å². The monoisotopic (exact) mass is 266 g/mol. The van der Waals surface area contributed by atoms with E-state index < -0.39 is 0 Å². The fourth-order valence-corrected chi connectivity index (χ4v) is 2.56. The summed E-state index contributed by atoms with van der Waals surface area (Å²) in [5.41, 5.74) is 0. The van der Waals surface area contributed by atoms with Gasteiger partial charge < -0.3 is 5.32 Å². The van der Waals surface area contributed by atoms with E-state index in [0.717, 1.165) is 12.5 Å². The van der Waals surface area contributed by atoms with Crippen LogP contribution >= 0.6 is 0 Å². The maximum atomic E-state index is 12.1. The molecule has 0 aromatic carbocycles. The molecule has 1 N–H and O–H groups in total. The molecule has 2 saturated carbocycles. The van der Waals surface area contributed by atoms with Crippen molar-refractivity contribution in [2.24, 2.45) is 11.8 Å². The van der Waals surface area contributed by atoms with Crippen LogP contribution in [0.15, 0.2) is 0 Å². The third kappa shape index (κ3) is 4.60. The fraction of sp³-hybridized carbons (Fsp3) is 0.867. The van der Waals surface area contributed by atoms with Crippen LogP contribution < -0.4 is 5.32 Å². The SMILES string of the molecule is CC(=O)C(NC(=O)CN(CC1CC1)C1CC1)C(C)C. The van der Waals surface area contributed by atoms with Crippen LogP contribution in [0.4, 0.5) is 0 Å². The van der Waals surface area contributed by atoms with Gasteiger partial charge in [-0.2, -0.15) is 0 Å². The van der Waals surface area contributed by atoms with Crippen LogP contribution in [0.25, 0.3) is 0 Å². The summed E-state index contributed by atoms with van der Waals surface area (Å²) >= 11 is 0. The Labute approximate surface area is 115 Å². The third-order valence-corrected chi connectivity index (χ3v) is 4.02. The average molecular weight is 266 g/mol. The Morgan fingerprint density at radius 3 is 2.26 bits per heavy atom.